The molecule has 0 bridgehead atoms. The van der Waals surface area contributed by atoms with Crippen LogP contribution in [0.2, 0.25) is 0 Å². The van der Waals surface area contributed by atoms with Gasteiger partial charge in [-0.2, -0.15) is 0 Å². The summed E-state index contributed by atoms with van der Waals surface area (Å²) in [7, 11) is 1.56. The lowest BCUT2D eigenvalue weighted by atomic mass is 10.0. The van der Waals surface area contributed by atoms with Crippen LogP contribution in [0.25, 0.3) is 0 Å². The number of amides is 1. The van der Waals surface area contributed by atoms with E-state index in [1.807, 2.05) is 25.1 Å². The highest BCUT2D eigenvalue weighted by atomic mass is 16.5. The molecule has 0 aromatic heterocycles. The van der Waals surface area contributed by atoms with Crippen LogP contribution in [-0.2, 0) is 0 Å². The summed E-state index contributed by atoms with van der Waals surface area (Å²) < 4.78 is 11.0. The predicted octanol–water partition coefficient (Wildman–Crippen LogP) is 4.99. The zero-order valence-electron chi connectivity index (χ0n) is 16.4. The van der Waals surface area contributed by atoms with Crippen LogP contribution in [0.5, 0.6) is 11.5 Å². The Morgan fingerprint density at radius 1 is 0.862 bits per heavy atom. The highest BCUT2D eigenvalue weighted by molar-refractivity contribution is 6.04. The second-order valence-electron chi connectivity index (χ2n) is 6.46. The maximum Gasteiger partial charge on any atom is 0.255 e. The molecule has 148 valence electrons. The van der Waals surface area contributed by atoms with Crippen molar-refractivity contribution in [3.63, 3.8) is 0 Å². The second kappa shape index (κ2) is 9.55. The fraction of sp³-hybridized carbons (Fsp3) is 0.167. The number of ether oxygens (including phenoxy) is 2. The molecule has 1 atom stereocenters. The molecule has 1 unspecified atom stereocenters. The first kappa shape index (κ1) is 20.1. The summed E-state index contributed by atoms with van der Waals surface area (Å²) in [5, 5.41) is 2.84. The minimum Gasteiger partial charge on any atom is -0.497 e. The van der Waals surface area contributed by atoms with E-state index in [4.69, 9.17) is 9.47 Å². The fourth-order valence-corrected chi connectivity index (χ4v) is 2.86. The van der Waals surface area contributed by atoms with E-state index in [9.17, 15) is 9.59 Å². The summed E-state index contributed by atoms with van der Waals surface area (Å²) >= 11 is 0. The maximum atomic E-state index is 12.6. The van der Waals surface area contributed by atoms with Crippen molar-refractivity contribution in [2.45, 2.75) is 19.4 Å². The monoisotopic (exact) mass is 389 g/mol. The summed E-state index contributed by atoms with van der Waals surface area (Å²) in [6.07, 6.45) is -0.00294. The summed E-state index contributed by atoms with van der Waals surface area (Å²) in [5.74, 6) is 0.905. The highest BCUT2D eigenvalue weighted by Crippen LogP contribution is 2.21. The van der Waals surface area contributed by atoms with Gasteiger partial charge in [-0.05, 0) is 48.9 Å². The molecule has 3 aromatic rings. The normalized spacial score (nSPS) is 11.4. The van der Waals surface area contributed by atoms with E-state index in [1.54, 1.807) is 67.8 Å². The van der Waals surface area contributed by atoms with E-state index in [1.165, 1.54) is 0 Å². The number of rotatable bonds is 8. The molecule has 1 amide bonds. The van der Waals surface area contributed by atoms with Crippen LogP contribution >= 0.6 is 0 Å². The van der Waals surface area contributed by atoms with E-state index in [2.05, 4.69) is 5.32 Å². The SMILES string of the molecule is CCC(Oc1ccc(NC(=O)c2cccc(OC)c2)cc1)C(=O)c1ccccc1. The lowest BCUT2D eigenvalue weighted by Crippen LogP contribution is -2.26. The lowest BCUT2D eigenvalue weighted by Gasteiger charge is -2.17. The average molecular weight is 389 g/mol. The van der Waals surface area contributed by atoms with Crippen molar-refractivity contribution >= 4 is 17.4 Å². The third-order valence-electron chi connectivity index (χ3n) is 4.44. The van der Waals surface area contributed by atoms with Crippen LogP contribution in [0.1, 0.15) is 34.1 Å². The molecule has 1 N–H and O–H groups in total. The van der Waals surface area contributed by atoms with Gasteiger partial charge in [-0.25, -0.2) is 0 Å². The fourth-order valence-electron chi connectivity index (χ4n) is 2.86. The second-order valence-corrected chi connectivity index (χ2v) is 6.46. The standard InChI is InChI=1S/C24H23NO4/c1-3-22(23(26)17-8-5-4-6-9-17)29-20-14-12-19(13-15-20)25-24(27)18-10-7-11-21(16-18)28-2/h4-16,22H,3H2,1-2H3,(H,25,27). The molecule has 3 aromatic carbocycles. The van der Waals surface area contributed by atoms with E-state index in [0.717, 1.165) is 0 Å². The van der Waals surface area contributed by atoms with Crippen LogP contribution in [0, 0.1) is 0 Å². The number of benzene rings is 3. The Hall–Kier alpha value is -3.60. The Labute approximate surface area is 170 Å². The molecule has 0 saturated heterocycles. The Kier molecular flexibility index (Phi) is 6.63. The molecule has 0 saturated carbocycles. The van der Waals surface area contributed by atoms with Gasteiger partial charge in [0.1, 0.15) is 11.5 Å². The Morgan fingerprint density at radius 3 is 2.21 bits per heavy atom. The van der Waals surface area contributed by atoms with Crippen LogP contribution in [0.15, 0.2) is 78.9 Å². The average Bonchev–Trinajstić information content (AvgIpc) is 2.78. The van der Waals surface area contributed by atoms with Gasteiger partial charge in [-0.1, -0.05) is 43.3 Å². The number of hydrogen-bond donors (Lipinski definition) is 1. The summed E-state index contributed by atoms with van der Waals surface area (Å²) in [6.45, 7) is 1.91. The van der Waals surface area contributed by atoms with E-state index >= 15 is 0 Å². The number of ketones is 1. The topological polar surface area (TPSA) is 64.6 Å². The number of carbonyl (C=O) groups excluding carboxylic acids is 2. The minimum atomic E-state index is -0.561. The number of Topliss-reactive ketones (excluding diaryl/α,β-unsaturated/α-hetero) is 1. The molecular formula is C24H23NO4. The zero-order chi connectivity index (χ0) is 20.6. The van der Waals surface area contributed by atoms with Crippen molar-refractivity contribution in [3.05, 3.63) is 90.0 Å². The zero-order valence-corrected chi connectivity index (χ0v) is 16.4. The molecule has 5 heteroatoms. The molecule has 5 nitrogen and oxygen atoms in total. The lowest BCUT2D eigenvalue weighted by molar-refractivity contribution is 0.0786. The van der Waals surface area contributed by atoms with Gasteiger partial charge in [0.25, 0.3) is 5.91 Å². The Morgan fingerprint density at radius 2 is 1.55 bits per heavy atom. The third-order valence-corrected chi connectivity index (χ3v) is 4.44. The van der Waals surface area contributed by atoms with Crippen molar-refractivity contribution in [1.29, 1.82) is 0 Å². The highest BCUT2D eigenvalue weighted by Gasteiger charge is 2.20. The Bertz CT molecular complexity index is 968. The van der Waals surface area contributed by atoms with Crippen LogP contribution in [0.3, 0.4) is 0 Å². The quantitative estimate of drug-likeness (QED) is 0.552. The number of nitrogens with one attached hydrogen (secondary N) is 1. The van der Waals surface area contributed by atoms with Crippen molar-refractivity contribution < 1.29 is 19.1 Å². The number of hydrogen-bond acceptors (Lipinski definition) is 4. The largest absolute Gasteiger partial charge is 0.497 e. The first-order valence-electron chi connectivity index (χ1n) is 9.42. The minimum absolute atomic E-state index is 0.0523. The van der Waals surface area contributed by atoms with Crippen LogP contribution < -0.4 is 14.8 Å². The molecule has 0 aliphatic carbocycles. The summed E-state index contributed by atoms with van der Waals surface area (Å²) in [5.41, 5.74) is 1.76. The molecule has 0 aliphatic rings. The molecule has 0 aliphatic heterocycles. The molecule has 0 heterocycles. The van der Waals surface area contributed by atoms with Gasteiger partial charge < -0.3 is 14.8 Å². The molecule has 0 fully saturated rings. The predicted molar refractivity (Wildman–Crippen MR) is 113 cm³/mol. The Balaban J connectivity index is 1.64. The van der Waals surface area contributed by atoms with Gasteiger partial charge in [0, 0.05) is 16.8 Å². The molecule has 29 heavy (non-hydrogen) atoms. The van der Waals surface area contributed by atoms with E-state index in [0.29, 0.717) is 34.7 Å². The van der Waals surface area contributed by atoms with Gasteiger partial charge in [0.05, 0.1) is 7.11 Å². The molecule has 0 radical (unpaired) electrons. The first-order chi connectivity index (χ1) is 14.1. The van der Waals surface area contributed by atoms with E-state index in [-0.39, 0.29) is 11.7 Å². The first-order valence-corrected chi connectivity index (χ1v) is 9.42. The van der Waals surface area contributed by atoms with Crippen molar-refractivity contribution in [3.8, 4) is 11.5 Å². The molecular weight excluding hydrogens is 366 g/mol. The van der Waals surface area contributed by atoms with Gasteiger partial charge in [0.15, 0.2) is 6.10 Å². The van der Waals surface area contributed by atoms with E-state index < -0.39 is 6.10 Å². The van der Waals surface area contributed by atoms with Gasteiger partial charge in [-0.3, -0.25) is 9.59 Å². The number of anilines is 1. The summed E-state index contributed by atoms with van der Waals surface area (Å²) in [4.78, 5) is 25.0. The molecule has 3 rings (SSSR count). The van der Waals surface area contributed by atoms with Crippen molar-refractivity contribution in [2.75, 3.05) is 12.4 Å². The smallest absolute Gasteiger partial charge is 0.255 e. The van der Waals surface area contributed by atoms with Crippen molar-refractivity contribution in [2.24, 2.45) is 0 Å². The van der Waals surface area contributed by atoms with Gasteiger partial charge >= 0.3 is 0 Å². The third kappa shape index (κ3) is 5.23. The number of methoxy groups -OCH3 is 1. The van der Waals surface area contributed by atoms with Crippen LogP contribution in [0.4, 0.5) is 5.69 Å². The molecule has 0 spiro atoms. The maximum absolute atomic E-state index is 12.6. The number of carbonyl (C=O) groups is 2. The summed E-state index contributed by atoms with van der Waals surface area (Å²) in [6, 6.07) is 23.0. The van der Waals surface area contributed by atoms with Crippen LogP contribution in [-0.4, -0.2) is 24.9 Å². The van der Waals surface area contributed by atoms with Crippen molar-refractivity contribution in [1.82, 2.24) is 0 Å². The van der Waals surface area contributed by atoms with Gasteiger partial charge in [0.2, 0.25) is 5.78 Å². The van der Waals surface area contributed by atoms with Gasteiger partial charge in [-0.15, -0.1) is 0 Å².